The molecular formula is C9H7NO4S. The van der Waals surface area contributed by atoms with E-state index in [2.05, 4.69) is 10.1 Å². The third-order valence-electron chi connectivity index (χ3n) is 1.96. The number of carbonyl (C=O) groups is 3. The summed E-state index contributed by atoms with van der Waals surface area (Å²) < 4.78 is 4.30. The quantitative estimate of drug-likeness (QED) is 0.581. The van der Waals surface area contributed by atoms with E-state index in [1.807, 2.05) is 0 Å². The van der Waals surface area contributed by atoms with E-state index in [1.165, 1.54) is 11.3 Å². The summed E-state index contributed by atoms with van der Waals surface area (Å²) in [5, 5.41) is 5.85. The Hall–Kier alpha value is -1.69. The number of amides is 1. The molecule has 0 radical (unpaired) electrons. The average Bonchev–Trinajstić information content (AvgIpc) is 2.76. The van der Waals surface area contributed by atoms with Crippen LogP contribution in [0.25, 0.3) is 0 Å². The van der Waals surface area contributed by atoms with Crippen LogP contribution >= 0.6 is 11.3 Å². The Morgan fingerprint density at radius 2 is 2.33 bits per heavy atom. The molecule has 0 unspecified atom stereocenters. The Morgan fingerprint density at radius 3 is 2.87 bits per heavy atom. The average molecular weight is 225 g/mol. The molecule has 5 nitrogen and oxygen atoms in total. The molecule has 1 atom stereocenters. The van der Waals surface area contributed by atoms with E-state index in [-0.39, 0.29) is 12.3 Å². The van der Waals surface area contributed by atoms with Crippen molar-refractivity contribution in [1.82, 2.24) is 5.32 Å². The van der Waals surface area contributed by atoms with E-state index in [1.54, 1.807) is 16.8 Å². The van der Waals surface area contributed by atoms with Crippen LogP contribution in [0.2, 0.25) is 0 Å². The molecule has 15 heavy (non-hydrogen) atoms. The number of nitrogens with one attached hydrogen (secondary N) is 1. The molecular weight excluding hydrogens is 218 g/mol. The highest BCUT2D eigenvalue weighted by atomic mass is 32.1. The van der Waals surface area contributed by atoms with E-state index < -0.39 is 18.0 Å². The van der Waals surface area contributed by atoms with Crippen molar-refractivity contribution in [3.8, 4) is 0 Å². The third kappa shape index (κ3) is 2.04. The number of esters is 2. The van der Waals surface area contributed by atoms with Crippen molar-refractivity contribution < 1.29 is 19.1 Å². The van der Waals surface area contributed by atoms with Gasteiger partial charge in [0.1, 0.15) is 6.04 Å². The number of cyclic esters (lactones) is 2. The number of carbonyl (C=O) groups excluding carboxylic acids is 3. The minimum atomic E-state index is -0.843. The Labute approximate surface area is 89.0 Å². The summed E-state index contributed by atoms with van der Waals surface area (Å²) in [7, 11) is 0. The van der Waals surface area contributed by atoms with Gasteiger partial charge < -0.3 is 10.1 Å². The molecule has 1 fully saturated rings. The van der Waals surface area contributed by atoms with Crippen molar-refractivity contribution in [2.75, 3.05) is 0 Å². The second-order valence-electron chi connectivity index (χ2n) is 3.04. The van der Waals surface area contributed by atoms with Gasteiger partial charge in [-0.1, -0.05) is 0 Å². The lowest BCUT2D eigenvalue weighted by molar-refractivity contribution is -0.152. The molecule has 1 N–H and O–H groups in total. The molecule has 1 aliphatic rings. The van der Waals surface area contributed by atoms with E-state index in [0.717, 1.165) is 0 Å². The van der Waals surface area contributed by atoms with Gasteiger partial charge in [-0.15, -0.1) is 0 Å². The lowest BCUT2D eigenvalue weighted by Gasteiger charge is -2.05. The minimum absolute atomic E-state index is 0.0886. The van der Waals surface area contributed by atoms with E-state index >= 15 is 0 Å². The summed E-state index contributed by atoms with van der Waals surface area (Å²) in [6.45, 7) is 0. The van der Waals surface area contributed by atoms with Gasteiger partial charge in [-0.3, -0.25) is 9.59 Å². The Bertz CT molecular complexity index is 412. The standard InChI is InChI=1S/C9H7NO4S/c11-7-3-6(9(13)14-7)10-8(12)5-1-2-15-4-5/h1-2,4,6H,3H2,(H,10,12)/t6-/m1/s1. The smallest absolute Gasteiger partial charge is 0.336 e. The molecule has 1 aliphatic heterocycles. The van der Waals surface area contributed by atoms with Gasteiger partial charge in [0, 0.05) is 5.38 Å². The second-order valence-corrected chi connectivity index (χ2v) is 3.82. The van der Waals surface area contributed by atoms with Crippen LogP contribution in [0.5, 0.6) is 0 Å². The maximum Gasteiger partial charge on any atom is 0.336 e. The maximum absolute atomic E-state index is 11.5. The van der Waals surface area contributed by atoms with Crippen molar-refractivity contribution in [1.29, 1.82) is 0 Å². The topological polar surface area (TPSA) is 72.5 Å². The molecule has 6 heteroatoms. The molecule has 78 valence electrons. The summed E-state index contributed by atoms with van der Waals surface area (Å²) in [5.74, 6) is -1.66. The summed E-state index contributed by atoms with van der Waals surface area (Å²) in [6, 6.07) is 0.798. The van der Waals surface area contributed by atoms with Crippen LogP contribution in [0.1, 0.15) is 16.8 Å². The van der Waals surface area contributed by atoms with Crippen LogP contribution in [-0.4, -0.2) is 23.9 Å². The summed E-state index contributed by atoms with van der Waals surface area (Å²) >= 11 is 1.38. The van der Waals surface area contributed by atoms with Crippen molar-refractivity contribution in [3.63, 3.8) is 0 Å². The largest absolute Gasteiger partial charge is 0.392 e. The summed E-state index contributed by atoms with van der Waals surface area (Å²) in [5.41, 5.74) is 0.479. The zero-order valence-corrected chi connectivity index (χ0v) is 8.37. The molecule has 0 aromatic carbocycles. The van der Waals surface area contributed by atoms with Gasteiger partial charge in [0.2, 0.25) is 0 Å². The Kier molecular flexibility index (Phi) is 2.51. The fourth-order valence-electron chi connectivity index (χ4n) is 1.22. The fourth-order valence-corrected chi connectivity index (χ4v) is 1.86. The van der Waals surface area contributed by atoms with Crippen LogP contribution in [0, 0.1) is 0 Å². The van der Waals surface area contributed by atoms with Gasteiger partial charge >= 0.3 is 11.9 Å². The van der Waals surface area contributed by atoms with Crippen LogP contribution in [0.3, 0.4) is 0 Å². The second kappa shape index (κ2) is 3.82. The predicted octanol–water partition coefficient (Wildman–Crippen LogP) is 0.320. The maximum atomic E-state index is 11.5. The highest BCUT2D eigenvalue weighted by molar-refractivity contribution is 7.08. The number of thiophene rings is 1. The molecule has 0 spiro atoms. The predicted molar refractivity (Wildman–Crippen MR) is 51.3 cm³/mol. The molecule has 2 rings (SSSR count). The molecule has 1 amide bonds. The Balaban J connectivity index is 2.01. The van der Waals surface area contributed by atoms with Crippen molar-refractivity contribution in [2.24, 2.45) is 0 Å². The van der Waals surface area contributed by atoms with Gasteiger partial charge in [-0.25, -0.2) is 4.79 Å². The SMILES string of the molecule is O=C1C[C@@H](NC(=O)c2ccsc2)C(=O)O1. The van der Waals surface area contributed by atoms with Gasteiger partial charge in [0.15, 0.2) is 0 Å². The molecule has 1 aromatic rings. The van der Waals surface area contributed by atoms with Gasteiger partial charge in [-0.05, 0) is 11.4 Å². The third-order valence-corrected chi connectivity index (χ3v) is 2.64. The van der Waals surface area contributed by atoms with E-state index in [4.69, 9.17) is 0 Å². The van der Waals surface area contributed by atoms with Crippen LogP contribution in [0.4, 0.5) is 0 Å². The number of hydrogen-bond donors (Lipinski definition) is 1. The first-order valence-electron chi connectivity index (χ1n) is 4.24. The number of rotatable bonds is 2. The van der Waals surface area contributed by atoms with Gasteiger partial charge in [-0.2, -0.15) is 11.3 Å². The molecule has 0 bridgehead atoms. The lowest BCUT2D eigenvalue weighted by Crippen LogP contribution is -2.37. The highest BCUT2D eigenvalue weighted by Gasteiger charge is 2.34. The van der Waals surface area contributed by atoms with E-state index in [9.17, 15) is 14.4 Å². The first-order valence-corrected chi connectivity index (χ1v) is 5.18. The molecule has 0 aliphatic carbocycles. The molecule has 2 heterocycles. The van der Waals surface area contributed by atoms with Crippen molar-refractivity contribution in [3.05, 3.63) is 22.4 Å². The van der Waals surface area contributed by atoms with E-state index in [0.29, 0.717) is 5.56 Å². The monoisotopic (exact) mass is 225 g/mol. The minimum Gasteiger partial charge on any atom is -0.392 e. The first kappa shape index (κ1) is 9.85. The number of hydrogen-bond acceptors (Lipinski definition) is 5. The van der Waals surface area contributed by atoms with Crippen LogP contribution in [-0.2, 0) is 14.3 Å². The molecule has 1 saturated heterocycles. The van der Waals surface area contributed by atoms with Crippen LogP contribution < -0.4 is 5.32 Å². The first-order chi connectivity index (χ1) is 7.16. The zero-order valence-electron chi connectivity index (χ0n) is 7.56. The highest BCUT2D eigenvalue weighted by Crippen LogP contribution is 2.10. The van der Waals surface area contributed by atoms with Crippen molar-refractivity contribution >= 4 is 29.2 Å². The summed E-state index contributed by atoms with van der Waals surface area (Å²) in [4.78, 5) is 33.3. The van der Waals surface area contributed by atoms with Gasteiger partial charge in [0.05, 0.1) is 12.0 Å². The molecule has 0 saturated carbocycles. The lowest BCUT2D eigenvalue weighted by atomic mass is 10.2. The normalized spacial score (nSPS) is 20.1. The van der Waals surface area contributed by atoms with Gasteiger partial charge in [0.25, 0.3) is 5.91 Å². The fraction of sp³-hybridized carbons (Fsp3) is 0.222. The van der Waals surface area contributed by atoms with Crippen molar-refractivity contribution in [2.45, 2.75) is 12.5 Å². The number of ether oxygens (including phenoxy) is 1. The Morgan fingerprint density at radius 1 is 1.53 bits per heavy atom. The molecule has 1 aromatic heterocycles. The zero-order chi connectivity index (χ0) is 10.8. The summed E-state index contributed by atoms with van der Waals surface area (Å²) in [6.07, 6.45) is -0.0886. The van der Waals surface area contributed by atoms with Crippen LogP contribution in [0.15, 0.2) is 16.8 Å².